The van der Waals surface area contributed by atoms with E-state index in [1.54, 1.807) is 13.3 Å². The summed E-state index contributed by atoms with van der Waals surface area (Å²) >= 11 is 0. The average molecular weight is 270 g/mol. The highest BCUT2D eigenvalue weighted by molar-refractivity contribution is 5.98. The van der Waals surface area contributed by atoms with Crippen LogP contribution >= 0.6 is 0 Å². The van der Waals surface area contributed by atoms with Gasteiger partial charge in [0.2, 0.25) is 0 Å². The Labute approximate surface area is 117 Å². The van der Waals surface area contributed by atoms with E-state index in [9.17, 15) is 9.90 Å². The van der Waals surface area contributed by atoms with Gasteiger partial charge in [-0.3, -0.25) is 4.79 Å². The number of H-pyrrole nitrogens is 1. The zero-order chi connectivity index (χ0) is 14.1. The van der Waals surface area contributed by atoms with E-state index in [4.69, 9.17) is 0 Å². The van der Waals surface area contributed by atoms with Gasteiger partial charge in [-0.2, -0.15) is 0 Å². The first kappa shape index (κ1) is 13.1. The number of fused-ring (bicyclic) bond motifs is 1. The Morgan fingerprint density at radius 2 is 2.15 bits per heavy atom. The summed E-state index contributed by atoms with van der Waals surface area (Å²) in [5.74, 6) is 0.194. The molecular weight excluding hydrogens is 252 g/mol. The highest BCUT2D eigenvalue weighted by atomic mass is 16.3. The SMILES string of the molecule is CC(O)c1ccc(C(=O)C2CCc3[nH]cnc3C2)cc1. The van der Waals surface area contributed by atoms with Gasteiger partial charge in [0.15, 0.2) is 5.78 Å². The lowest BCUT2D eigenvalue weighted by atomic mass is 9.84. The molecule has 2 atom stereocenters. The van der Waals surface area contributed by atoms with Crippen LogP contribution in [0.5, 0.6) is 0 Å². The fourth-order valence-corrected chi connectivity index (χ4v) is 2.78. The number of aliphatic hydroxyl groups is 1. The lowest BCUT2D eigenvalue weighted by molar-refractivity contribution is 0.0907. The van der Waals surface area contributed by atoms with E-state index in [0.717, 1.165) is 36.1 Å². The molecule has 1 aliphatic rings. The molecule has 2 N–H and O–H groups in total. The van der Waals surface area contributed by atoms with E-state index in [0.29, 0.717) is 0 Å². The van der Waals surface area contributed by atoms with Crippen LogP contribution in [0.3, 0.4) is 0 Å². The van der Waals surface area contributed by atoms with Crippen LogP contribution in [0, 0.1) is 5.92 Å². The minimum Gasteiger partial charge on any atom is -0.389 e. The van der Waals surface area contributed by atoms with Crippen molar-refractivity contribution in [3.63, 3.8) is 0 Å². The van der Waals surface area contributed by atoms with Gasteiger partial charge in [-0.1, -0.05) is 24.3 Å². The minimum atomic E-state index is -0.500. The zero-order valence-electron chi connectivity index (χ0n) is 11.5. The number of aromatic nitrogens is 2. The Morgan fingerprint density at radius 1 is 1.40 bits per heavy atom. The minimum absolute atomic E-state index is 0.0169. The maximum Gasteiger partial charge on any atom is 0.166 e. The molecule has 0 radical (unpaired) electrons. The van der Waals surface area contributed by atoms with Crippen molar-refractivity contribution in [2.24, 2.45) is 5.92 Å². The summed E-state index contributed by atoms with van der Waals surface area (Å²) in [5.41, 5.74) is 3.74. The van der Waals surface area contributed by atoms with Crippen LogP contribution in [-0.4, -0.2) is 20.9 Å². The first-order chi connectivity index (χ1) is 9.65. The molecule has 1 aliphatic carbocycles. The number of carbonyl (C=O) groups is 1. The summed E-state index contributed by atoms with van der Waals surface area (Å²) in [7, 11) is 0. The van der Waals surface area contributed by atoms with Crippen LogP contribution in [0.2, 0.25) is 0 Å². The van der Waals surface area contributed by atoms with Gasteiger partial charge in [-0.15, -0.1) is 0 Å². The molecule has 1 aromatic carbocycles. The van der Waals surface area contributed by atoms with Crippen molar-refractivity contribution in [3.05, 3.63) is 53.1 Å². The van der Waals surface area contributed by atoms with Crippen LogP contribution in [0.15, 0.2) is 30.6 Å². The predicted molar refractivity (Wildman–Crippen MR) is 75.5 cm³/mol. The molecule has 1 heterocycles. The number of benzene rings is 1. The third-order valence-corrected chi connectivity index (χ3v) is 4.04. The van der Waals surface area contributed by atoms with Gasteiger partial charge in [-0.05, 0) is 25.3 Å². The molecule has 104 valence electrons. The second kappa shape index (κ2) is 5.21. The molecular formula is C16H18N2O2. The van der Waals surface area contributed by atoms with Crippen molar-refractivity contribution in [3.8, 4) is 0 Å². The number of hydrogen-bond acceptors (Lipinski definition) is 3. The number of imidazole rings is 1. The van der Waals surface area contributed by atoms with Crippen LogP contribution in [0.25, 0.3) is 0 Å². The molecule has 0 bridgehead atoms. The molecule has 2 aromatic rings. The van der Waals surface area contributed by atoms with Crippen molar-refractivity contribution < 1.29 is 9.90 Å². The Kier molecular flexibility index (Phi) is 3.40. The van der Waals surface area contributed by atoms with Gasteiger partial charge >= 0.3 is 0 Å². The number of ketones is 1. The van der Waals surface area contributed by atoms with E-state index >= 15 is 0 Å². The van der Waals surface area contributed by atoms with Crippen LogP contribution in [0.4, 0.5) is 0 Å². The smallest absolute Gasteiger partial charge is 0.166 e. The van der Waals surface area contributed by atoms with Crippen molar-refractivity contribution in [1.82, 2.24) is 9.97 Å². The molecule has 1 aromatic heterocycles. The van der Waals surface area contributed by atoms with Crippen molar-refractivity contribution in [2.45, 2.75) is 32.3 Å². The molecule has 0 aliphatic heterocycles. The second-order valence-corrected chi connectivity index (χ2v) is 5.43. The number of aromatic amines is 1. The Morgan fingerprint density at radius 3 is 2.85 bits per heavy atom. The molecule has 4 heteroatoms. The summed E-state index contributed by atoms with van der Waals surface area (Å²) in [6.07, 6.45) is 3.68. The summed E-state index contributed by atoms with van der Waals surface area (Å²) in [4.78, 5) is 19.9. The molecule has 20 heavy (non-hydrogen) atoms. The summed E-state index contributed by atoms with van der Waals surface area (Å²) in [6.45, 7) is 1.72. The fourth-order valence-electron chi connectivity index (χ4n) is 2.78. The van der Waals surface area contributed by atoms with Crippen molar-refractivity contribution >= 4 is 5.78 Å². The third kappa shape index (κ3) is 2.39. The van der Waals surface area contributed by atoms with Crippen molar-refractivity contribution in [2.75, 3.05) is 0 Å². The second-order valence-electron chi connectivity index (χ2n) is 5.43. The van der Waals surface area contributed by atoms with Gasteiger partial charge in [0.25, 0.3) is 0 Å². The van der Waals surface area contributed by atoms with Gasteiger partial charge < -0.3 is 10.1 Å². The number of Topliss-reactive ketones (excluding diaryl/α,β-unsaturated/α-hetero) is 1. The highest BCUT2D eigenvalue weighted by Gasteiger charge is 2.26. The van der Waals surface area contributed by atoms with Crippen LogP contribution in [-0.2, 0) is 12.8 Å². The van der Waals surface area contributed by atoms with Crippen molar-refractivity contribution in [1.29, 1.82) is 0 Å². The molecule has 3 rings (SSSR count). The van der Waals surface area contributed by atoms with Crippen LogP contribution in [0.1, 0.15) is 46.8 Å². The van der Waals surface area contributed by atoms with E-state index in [1.165, 1.54) is 5.69 Å². The van der Waals surface area contributed by atoms with E-state index in [1.807, 2.05) is 24.3 Å². The quantitative estimate of drug-likeness (QED) is 0.842. The number of nitrogens with one attached hydrogen (secondary N) is 1. The molecule has 4 nitrogen and oxygen atoms in total. The van der Waals surface area contributed by atoms with E-state index in [-0.39, 0.29) is 11.7 Å². The Balaban J connectivity index is 1.76. The maximum absolute atomic E-state index is 12.5. The van der Waals surface area contributed by atoms with E-state index in [2.05, 4.69) is 9.97 Å². The number of hydrogen-bond donors (Lipinski definition) is 2. The molecule has 2 unspecified atom stereocenters. The molecule has 0 saturated heterocycles. The van der Waals surface area contributed by atoms with Gasteiger partial charge in [0.05, 0.1) is 18.1 Å². The number of rotatable bonds is 3. The summed E-state index contributed by atoms with van der Waals surface area (Å²) in [6, 6.07) is 7.26. The average Bonchev–Trinajstić information content (AvgIpc) is 2.94. The molecule has 0 saturated carbocycles. The predicted octanol–water partition coefficient (Wildman–Crippen LogP) is 2.45. The van der Waals surface area contributed by atoms with E-state index < -0.39 is 6.10 Å². The normalized spacial score (nSPS) is 19.4. The molecule has 0 fully saturated rings. The number of aryl methyl sites for hydroxylation is 1. The first-order valence-corrected chi connectivity index (χ1v) is 6.98. The lowest BCUT2D eigenvalue weighted by Crippen LogP contribution is -2.23. The summed E-state index contributed by atoms with van der Waals surface area (Å²) in [5, 5.41) is 9.49. The highest BCUT2D eigenvalue weighted by Crippen LogP contribution is 2.26. The fraction of sp³-hybridized carbons (Fsp3) is 0.375. The van der Waals surface area contributed by atoms with Gasteiger partial charge in [0, 0.05) is 23.6 Å². The largest absolute Gasteiger partial charge is 0.389 e. The Bertz CT molecular complexity index is 614. The standard InChI is InChI=1S/C16H18N2O2/c1-10(19)11-2-4-12(5-3-11)16(20)13-6-7-14-15(8-13)18-9-17-14/h2-5,9-10,13,19H,6-8H2,1H3,(H,17,18). The third-order valence-electron chi connectivity index (χ3n) is 4.04. The number of nitrogens with zero attached hydrogens (tertiary/aromatic N) is 1. The lowest BCUT2D eigenvalue weighted by Gasteiger charge is -2.20. The molecule has 0 spiro atoms. The zero-order valence-corrected chi connectivity index (χ0v) is 11.5. The molecule has 0 amide bonds. The van der Waals surface area contributed by atoms with Crippen LogP contribution < -0.4 is 0 Å². The van der Waals surface area contributed by atoms with Gasteiger partial charge in [-0.25, -0.2) is 4.98 Å². The van der Waals surface area contributed by atoms with Gasteiger partial charge in [0.1, 0.15) is 0 Å². The monoisotopic (exact) mass is 270 g/mol. The number of carbonyl (C=O) groups excluding carboxylic acids is 1. The number of aliphatic hydroxyl groups excluding tert-OH is 1. The Hall–Kier alpha value is -1.94. The summed E-state index contributed by atoms with van der Waals surface area (Å²) < 4.78 is 0. The topological polar surface area (TPSA) is 66.0 Å². The maximum atomic E-state index is 12.5. The first-order valence-electron chi connectivity index (χ1n) is 6.98.